The van der Waals surface area contributed by atoms with Gasteiger partial charge in [0.1, 0.15) is 54.6 Å². The molecule has 16 atom stereocenters. The zero-order chi connectivity index (χ0) is 36.5. The van der Waals surface area contributed by atoms with Crippen molar-refractivity contribution in [2.45, 2.75) is 130 Å². The molecule has 19 N–H and O–H groups in total. The lowest BCUT2D eigenvalue weighted by molar-refractivity contribution is -0.274. The molecule has 3 fully saturated rings. The van der Waals surface area contributed by atoms with Crippen LogP contribution < -0.4 is 45.0 Å². The van der Waals surface area contributed by atoms with Gasteiger partial charge in [0.2, 0.25) is 12.2 Å². The van der Waals surface area contributed by atoms with Crippen LogP contribution in [0.1, 0.15) is 32.1 Å². The molecule has 0 spiro atoms. The highest BCUT2D eigenvalue weighted by molar-refractivity contribution is 5.80. The van der Waals surface area contributed by atoms with Crippen LogP contribution in [0.15, 0.2) is 11.8 Å². The fourth-order valence-corrected chi connectivity index (χ4v) is 6.47. The Kier molecular flexibility index (Phi) is 16.0. The number of rotatable bonds is 17. The van der Waals surface area contributed by atoms with Crippen LogP contribution in [0.25, 0.3) is 0 Å². The first-order chi connectivity index (χ1) is 23.9. The topological polar surface area (TPSA) is 354 Å². The van der Waals surface area contributed by atoms with Gasteiger partial charge in [-0.2, -0.15) is 0 Å². The number of hydrogen-bond donors (Lipinski definition) is 13. The van der Waals surface area contributed by atoms with Crippen molar-refractivity contribution >= 4 is 5.91 Å². The van der Waals surface area contributed by atoms with Crippen molar-refractivity contribution in [1.82, 2.24) is 10.6 Å². The predicted molar refractivity (Wildman–Crippen MR) is 175 cm³/mol. The molecule has 1 saturated carbocycles. The summed E-state index contributed by atoms with van der Waals surface area (Å²) >= 11 is 0. The van der Waals surface area contributed by atoms with E-state index in [4.69, 9.17) is 62.8 Å². The molecule has 1 aliphatic carbocycles. The van der Waals surface area contributed by atoms with Gasteiger partial charge in [0, 0.05) is 19.0 Å². The number of nitrogens with one attached hydrogen (secondary N) is 2. The molecule has 3 heterocycles. The lowest BCUT2D eigenvalue weighted by Crippen LogP contribution is -2.66. The Hall–Kier alpha value is -1.67. The molecule has 1 amide bonds. The second kappa shape index (κ2) is 19.4. The molecule has 0 aromatic heterocycles. The highest BCUT2D eigenvalue weighted by Gasteiger charge is 2.51. The standard InChI is InChI=1S/C30H58N8O12/c31-5-1-7-37-11-13-2-3-14(34)29(45-13)50-26-15(35)8-16(38-28(44)17(40)4-6-32)23(41)27(26)49-21-9-18(20(12-39)46-21)47-30-22(36)25(43)24(42)19(10-33)48-30/h2,14-27,29-30,37,39-43H,1,3-12,31-36H2,(H,38,44)/t14-,15+,16-,17?,18+,19+,20-,21+,22-,23+,24-,25-,26-,27-,29-,30+/m1/s1. The molecule has 1 unspecified atom stereocenters. The summed E-state index contributed by atoms with van der Waals surface area (Å²) in [6.45, 7) is 1.11. The smallest absolute Gasteiger partial charge is 0.249 e. The molecule has 0 aromatic rings. The Morgan fingerprint density at radius 2 is 1.68 bits per heavy atom. The first-order valence-electron chi connectivity index (χ1n) is 17.3. The Morgan fingerprint density at radius 3 is 2.36 bits per heavy atom. The SMILES string of the molecule is NCCCNCC1=CC[C@@H](N)[C@@H](O[C@H]2[C@H](O[C@H]3C[C@H](O[C@H]4O[C@@H](CN)[C@@H](O)[C@H](O)[C@H]4N)[C@@H](CO)O3)[C@@H](O)[C@H](NC(=O)C(O)CCN)C[C@@H]2N)O1. The van der Waals surface area contributed by atoms with Crippen LogP contribution in [0, 0.1) is 0 Å². The van der Waals surface area contributed by atoms with Gasteiger partial charge in [0.05, 0.1) is 37.4 Å². The van der Waals surface area contributed by atoms with Crippen LogP contribution in [-0.2, 0) is 33.2 Å². The Labute approximate surface area is 291 Å². The van der Waals surface area contributed by atoms with Gasteiger partial charge in [-0.05, 0) is 51.4 Å². The minimum Gasteiger partial charge on any atom is -0.467 e. The van der Waals surface area contributed by atoms with Gasteiger partial charge in [-0.15, -0.1) is 0 Å². The number of aliphatic hydroxyl groups excluding tert-OH is 5. The summed E-state index contributed by atoms with van der Waals surface area (Å²) in [5.41, 5.74) is 35.8. The normalized spacial score (nSPS) is 41.3. The van der Waals surface area contributed by atoms with Gasteiger partial charge in [-0.25, -0.2) is 0 Å². The minimum absolute atomic E-state index is 0.00195. The number of hydrogen-bond acceptors (Lipinski definition) is 19. The Morgan fingerprint density at radius 1 is 0.920 bits per heavy atom. The summed E-state index contributed by atoms with van der Waals surface area (Å²) < 4.78 is 36.4. The Balaban J connectivity index is 1.50. The molecule has 20 nitrogen and oxygen atoms in total. The van der Waals surface area contributed by atoms with Crippen molar-refractivity contribution in [3.63, 3.8) is 0 Å². The van der Waals surface area contributed by atoms with E-state index in [2.05, 4.69) is 10.6 Å². The van der Waals surface area contributed by atoms with E-state index < -0.39 is 110 Å². The van der Waals surface area contributed by atoms with E-state index in [0.29, 0.717) is 31.8 Å². The molecule has 2 saturated heterocycles. The van der Waals surface area contributed by atoms with Crippen LogP contribution >= 0.6 is 0 Å². The van der Waals surface area contributed by atoms with E-state index in [9.17, 15) is 30.3 Å². The molecule has 3 aliphatic heterocycles. The summed E-state index contributed by atoms with van der Waals surface area (Å²) in [7, 11) is 0. The molecular formula is C30H58N8O12. The van der Waals surface area contributed by atoms with Crippen molar-refractivity contribution in [3.8, 4) is 0 Å². The molecule has 4 aliphatic rings. The molecular weight excluding hydrogens is 664 g/mol. The van der Waals surface area contributed by atoms with Gasteiger partial charge in [-0.1, -0.05) is 0 Å². The number of carbonyl (C=O) groups excluding carboxylic acids is 1. The third-order valence-corrected chi connectivity index (χ3v) is 9.42. The largest absolute Gasteiger partial charge is 0.467 e. The molecule has 20 heteroatoms. The summed E-state index contributed by atoms with van der Waals surface area (Å²) in [5, 5.41) is 58.5. The number of amides is 1. The van der Waals surface area contributed by atoms with Gasteiger partial charge in [0.25, 0.3) is 0 Å². The third kappa shape index (κ3) is 10.3. The van der Waals surface area contributed by atoms with E-state index >= 15 is 0 Å². The summed E-state index contributed by atoms with van der Waals surface area (Å²) in [4.78, 5) is 12.7. The number of carbonyl (C=O) groups is 1. The van der Waals surface area contributed by atoms with E-state index in [-0.39, 0.29) is 32.4 Å². The maximum Gasteiger partial charge on any atom is 0.249 e. The highest BCUT2D eigenvalue weighted by atomic mass is 16.7. The first kappa shape index (κ1) is 41.1. The van der Waals surface area contributed by atoms with E-state index in [1.807, 2.05) is 6.08 Å². The van der Waals surface area contributed by atoms with E-state index in [0.717, 1.165) is 6.42 Å². The summed E-state index contributed by atoms with van der Waals surface area (Å²) in [5.74, 6) is -0.130. The van der Waals surface area contributed by atoms with Gasteiger partial charge >= 0.3 is 0 Å². The minimum atomic E-state index is -1.42. The lowest BCUT2D eigenvalue weighted by Gasteiger charge is -2.46. The number of ether oxygens (including phenoxy) is 6. The van der Waals surface area contributed by atoms with Gasteiger partial charge < -0.3 is 99.0 Å². The summed E-state index contributed by atoms with van der Waals surface area (Å²) in [6.07, 6.45) is -10.7. The quantitative estimate of drug-likeness (QED) is 0.0620. The predicted octanol–water partition coefficient (Wildman–Crippen LogP) is -6.84. The van der Waals surface area contributed by atoms with Crippen molar-refractivity contribution < 1.29 is 58.7 Å². The van der Waals surface area contributed by atoms with Gasteiger partial charge in [-0.3, -0.25) is 4.79 Å². The average molecular weight is 723 g/mol. The van der Waals surface area contributed by atoms with Crippen LogP contribution in [0.5, 0.6) is 0 Å². The summed E-state index contributed by atoms with van der Waals surface area (Å²) in [6, 6.07) is -3.52. The first-order valence-corrected chi connectivity index (χ1v) is 17.3. The van der Waals surface area contributed by atoms with Crippen LogP contribution in [0.2, 0.25) is 0 Å². The number of aliphatic hydroxyl groups is 5. The van der Waals surface area contributed by atoms with Crippen molar-refractivity contribution in [2.24, 2.45) is 34.4 Å². The molecule has 0 radical (unpaired) electrons. The lowest BCUT2D eigenvalue weighted by atomic mass is 9.83. The van der Waals surface area contributed by atoms with Crippen LogP contribution in [-0.4, -0.2) is 169 Å². The van der Waals surface area contributed by atoms with Crippen molar-refractivity contribution in [2.75, 3.05) is 39.3 Å². The maximum absolute atomic E-state index is 12.7. The Bertz CT molecular complexity index is 1080. The molecule has 50 heavy (non-hydrogen) atoms. The second-order valence-electron chi connectivity index (χ2n) is 13.2. The zero-order valence-electron chi connectivity index (χ0n) is 28.2. The second-order valence-corrected chi connectivity index (χ2v) is 13.2. The van der Waals surface area contributed by atoms with Gasteiger partial charge in [0.15, 0.2) is 12.6 Å². The molecule has 0 aromatic carbocycles. The highest BCUT2D eigenvalue weighted by Crippen LogP contribution is 2.34. The average Bonchev–Trinajstić information content (AvgIpc) is 3.49. The zero-order valence-corrected chi connectivity index (χ0v) is 28.2. The number of nitrogens with two attached hydrogens (primary N) is 6. The monoisotopic (exact) mass is 722 g/mol. The van der Waals surface area contributed by atoms with E-state index in [1.54, 1.807) is 0 Å². The van der Waals surface area contributed by atoms with E-state index in [1.165, 1.54) is 0 Å². The van der Waals surface area contributed by atoms with Crippen LogP contribution in [0.4, 0.5) is 0 Å². The third-order valence-electron chi connectivity index (χ3n) is 9.42. The molecule has 290 valence electrons. The molecule has 0 bridgehead atoms. The fraction of sp³-hybridized carbons (Fsp3) is 0.900. The van der Waals surface area contributed by atoms with Crippen LogP contribution in [0.3, 0.4) is 0 Å². The fourth-order valence-electron chi connectivity index (χ4n) is 6.47. The van der Waals surface area contributed by atoms with Crippen molar-refractivity contribution in [1.29, 1.82) is 0 Å². The van der Waals surface area contributed by atoms with Crippen molar-refractivity contribution in [3.05, 3.63) is 11.8 Å². The maximum atomic E-state index is 12.7. The molecule has 4 rings (SSSR count).